The molecular formula is C11H12O2S3. The highest BCUT2D eigenvalue weighted by Gasteiger charge is 2.21. The van der Waals surface area contributed by atoms with Gasteiger partial charge in [-0.05, 0) is 12.1 Å². The van der Waals surface area contributed by atoms with Gasteiger partial charge in [-0.1, -0.05) is 36.1 Å². The van der Waals surface area contributed by atoms with Gasteiger partial charge in [-0.2, -0.15) is 0 Å². The Bertz CT molecular complexity index is 381. The monoisotopic (exact) mass is 272 g/mol. The van der Waals surface area contributed by atoms with Crippen LogP contribution in [0.3, 0.4) is 0 Å². The lowest BCUT2D eigenvalue weighted by molar-refractivity contribution is 0.299. The molecule has 2 rings (SSSR count). The molecule has 0 amide bonds. The van der Waals surface area contributed by atoms with Gasteiger partial charge < -0.3 is 9.47 Å². The van der Waals surface area contributed by atoms with Crippen LogP contribution in [-0.4, -0.2) is 28.2 Å². The van der Waals surface area contributed by atoms with Crippen molar-refractivity contribution in [3.63, 3.8) is 0 Å². The van der Waals surface area contributed by atoms with Crippen molar-refractivity contribution < 1.29 is 9.47 Å². The largest absolute Gasteiger partial charge is 0.493 e. The Labute approximate surface area is 109 Å². The molecule has 16 heavy (non-hydrogen) atoms. The van der Waals surface area contributed by atoms with Crippen molar-refractivity contribution in [3.8, 4) is 11.5 Å². The molecule has 1 atom stereocenters. The second-order valence-electron chi connectivity index (χ2n) is 3.26. The van der Waals surface area contributed by atoms with E-state index in [-0.39, 0.29) is 0 Å². The van der Waals surface area contributed by atoms with E-state index in [9.17, 15) is 0 Å². The Kier molecular flexibility index (Phi) is 4.37. The standard InChI is InChI=1S/C11H12O2S3/c1-12-9-4-2-3-5-10(9)13-6-8-7-15-11(14)16-8/h2-5,8H,6-7H2,1H3. The molecule has 1 unspecified atom stereocenters. The topological polar surface area (TPSA) is 18.5 Å². The fourth-order valence-electron chi connectivity index (χ4n) is 1.37. The van der Waals surface area contributed by atoms with Crippen molar-refractivity contribution in [1.29, 1.82) is 0 Å². The van der Waals surface area contributed by atoms with Crippen molar-refractivity contribution in [2.75, 3.05) is 19.5 Å². The summed E-state index contributed by atoms with van der Waals surface area (Å²) in [5.41, 5.74) is 0. The summed E-state index contributed by atoms with van der Waals surface area (Å²) >= 11 is 8.58. The minimum Gasteiger partial charge on any atom is -0.493 e. The fourth-order valence-corrected chi connectivity index (χ4v) is 4.17. The molecule has 5 heteroatoms. The van der Waals surface area contributed by atoms with E-state index < -0.39 is 0 Å². The number of thiocarbonyl (C=S) groups is 1. The number of methoxy groups -OCH3 is 1. The molecule has 1 aliphatic heterocycles. The summed E-state index contributed by atoms with van der Waals surface area (Å²) in [5.74, 6) is 2.62. The zero-order valence-corrected chi connectivity index (χ0v) is 11.3. The molecular weight excluding hydrogens is 260 g/mol. The number of hydrogen-bond acceptors (Lipinski definition) is 5. The van der Waals surface area contributed by atoms with E-state index in [2.05, 4.69) is 0 Å². The maximum atomic E-state index is 5.74. The molecule has 0 bridgehead atoms. The van der Waals surface area contributed by atoms with Gasteiger partial charge in [-0.15, -0.1) is 11.8 Å². The van der Waals surface area contributed by atoms with Crippen LogP contribution >= 0.6 is 35.7 Å². The van der Waals surface area contributed by atoms with Crippen molar-refractivity contribution >= 4 is 39.3 Å². The first kappa shape index (κ1) is 12.1. The molecule has 86 valence electrons. The highest BCUT2D eigenvalue weighted by Crippen LogP contribution is 2.34. The van der Waals surface area contributed by atoms with Crippen molar-refractivity contribution in [1.82, 2.24) is 0 Å². The van der Waals surface area contributed by atoms with Crippen LogP contribution in [0.1, 0.15) is 0 Å². The van der Waals surface area contributed by atoms with Crippen LogP contribution in [0, 0.1) is 0 Å². The molecule has 2 nitrogen and oxygen atoms in total. The average molecular weight is 272 g/mol. The predicted molar refractivity (Wildman–Crippen MR) is 74.9 cm³/mol. The first-order chi connectivity index (χ1) is 7.79. The second-order valence-corrected chi connectivity index (χ2v) is 6.79. The van der Waals surface area contributed by atoms with Gasteiger partial charge in [0.15, 0.2) is 11.5 Å². The quantitative estimate of drug-likeness (QED) is 0.781. The van der Waals surface area contributed by atoms with Crippen LogP contribution in [0.25, 0.3) is 0 Å². The summed E-state index contributed by atoms with van der Waals surface area (Å²) in [6.45, 7) is 0.679. The Morgan fingerprint density at radius 2 is 2.12 bits per heavy atom. The SMILES string of the molecule is COc1ccccc1OCC1CSC(=S)S1. The number of benzene rings is 1. The van der Waals surface area contributed by atoms with E-state index in [1.807, 2.05) is 24.3 Å². The first-order valence-electron chi connectivity index (χ1n) is 4.89. The van der Waals surface area contributed by atoms with Gasteiger partial charge in [-0.25, -0.2) is 0 Å². The zero-order valence-electron chi connectivity index (χ0n) is 8.84. The number of thioether (sulfide) groups is 2. The van der Waals surface area contributed by atoms with Crippen molar-refractivity contribution in [2.45, 2.75) is 5.25 Å². The summed E-state index contributed by atoms with van der Waals surface area (Å²) in [6, 6.07) is 7.69. The lowest BCUT2D eigenvalue weighted by atomic mass is 10.3. The zero-order chi connectivity index (χ0) is 11.4. The molecule has 0 radical (unpaired) electrons. The van der Waals surface area contributed by atoms with E-state index in [0.29, 0.717) is 11.9 Å². The Morgan fingerprint density at radius 3 is 2.75 bits per heavy atom. The Hall–Kier alpha value is -0.390. The molecule has 1 aromatic rings. The maximum Gasteiger partial charge on any atom is 0.161 e. The van der Waals surface area contributed by atoms with E-state index in [1.54, 1.807) is 30.6 Å². The highest BCUT2D eigenvalue weighted by atomic mass is 32.2. The third-order valence-corrected chi connectivity index (χ3v) is 5.27. The van der Waals surface area contributed by atoms with Crippen LogP contribution in [0.5, 0.6) is 11.5 Å². The summed E-state index contributed by atoms with van der Waals surface area (Å²) in [5, 5.41) is 0.461. The molecule has 0 N–H and O–H groups in total. The third-order valence-electron chi connectivity index (χ3n) is 2.14. The first-order valence-corrected chi connectivity index (χ1v) is 7.16. The molecule has 1 fully saturated rings. The fraction of sp³-hybridized carbons (Fsp3) is 0.364. The van der Waals surface area contributed by atoms with Gasteiger partial charge in [0.1, 0.15) is 10.1 Å². The van der Waals surface area contributed by atoms with Crippen LogP contribution in [0.2, 0.25) is 0 Å². The van der Waals surface area contributed by atoms with Gasteiger partial charge in [-0.3, -0.25) is 0 Å². The van der Waals surface area contributed by atoms with Gasteiger partial charge in [0, 0.05) is 5.75 Å². The van der Waals surface area contributed by atoms with Gasteiger partial charge in [0.05, 0.1) is 12.4 Å². The molecule has 0 aromatic heterocycles. The van der Waals surface area contributed by atoms with E-state index in [0.717, 1.165) is 20.8 Å². The highest BCUT2D eigenvalue weighted by molar-refractivity contribution is 8.49. The van der Waals surface area contributed by atoms with Crippen LogP contribution < -0.4 is 9.47 Å². The number of rotatable bonds is 4. The maximum absolute atomic E-state index is 5.74. The minimum absolute atomic E-state index is 0.461. The molecule has 0 saturated carbocycles. The van der Waals surface area contributed by atoms with E-state index in [4.69, 9.17) is 21.7 Å². The number of para-hydroxylation sites is 2. The number of hydrogen-bond donors (Lipinski definition) is 0. The van der Waals surface area contributed by atoms with Crippen LogP contribution in [-0.2, 0) is 0 Å². The predicted octanol–water partition coefficient (Wildman–Crippen LogP) is 3.21. The normalized spacial score (nSPS) is 19.8. The molecule has 0 spiro atoms. The molecule has 0 aliphatic carbocycles. The van der Waals surface area contributed by atoms with Crippen LogP contribution in [0.15, 0.2) is 24.3 Å². The molecule has 1 aliphatic rings. The van der Waals surface area contributed by atoms with Gasteiger partial charge >= 0.3 is 0 Å². The van der Waals surface area contributed by atoms with E-state index in [1.165, 1.54) is 0 Å². The lowest BCUT2D eigenvalue weighted by Gasteiger charge is -2.12. The van der Waals surface area contributed by atoms with E-state index >= 15 is 0 Å². The number of ether oxygens (including phenoxy) is 2. The molecule has 1 heterocycles. The summed E-state index contributed by atoms with van der Waals surface area (Å²) in [6.07, 6.45) is 0. The van der Waals surface area contributed by atoms with Crippen molar-refractivity contribution in [2.24, 2.45) is 0 Å². The lowest BCUT2D eigenvalue weighted by Crippen LogP contribution is -2.14. The van der Waals surface area contributed by atoms with Gasteiger partial charge in [0.2, 0.25) is 0 Å². The Balaban J connectivity index is 1.91. The second kappa shape index (κ2) is 5.80. The summed E-state index contributed by atoms with van der Waals surface area (Å²) < 4.78 is 12.0. The summed E-state index contributed by atoms with van der Waals surface area (Å²) in [7, 11) is 1.65. The third kappa shape index (κ3) is 3.06. The van der Waals surface area contributed by atoms with Crippen LogP contribution in [0.4, 0.5) is 0 Å². The molecule has 1 aromatic carbocycles. The van der Waals surface area contributed by atoms with Crippen molar-refractivity contribution in [3.05, 3.63) is 24.3 Å². The molecule has 1 saturated heterocycles. The Morgan fingerprint density at radius 1 is 1.38 bits per heavy atom. The summed E-state index contributed by atoms with van der Waals surface area (Å²) in [4.78, 5) is 0. The average Bonchev–Trinajstić information content (AvgIpc) is 2.73. The minimum atomic E-state index is 0.461. The van der Waals surface area contributed by atoms with Gasteiger partial charge in [0.25, 0.3) is 0 Å². The smallest absolute Gasteiger partial charge is 0.161 e.